The van der Waals surface area contributed by atoms with Gasteiger partial charge in [-0.2, -0.15) is 0 Å². The molecule has 1 atom stereocenters. The number of aromatic hydroxyl groups is 1. The summed E-state index contributed by atoms with van der Waals surface area (Å²) in [6.07, 6.45) is 1.60. The number of rotatable bonds is 2. The van der Waals surface area contributed by atoms with Gasteiger partial charge >= 0.3 is 0 Å². The van der Waals surface area contributed by atoms with E-state index in [4.69, 9.17) is 0 Å². The van der Waals surface area contributed by atoms with Crippen molar-refractivity contribution in [2.24, 2.45) is 10.4 Å². The molecule has 0 saturated carbocycles. The van der Waals surface area contributed by atoms with E-state index >= 15 is 0 Å². The lowest BCUT2D eigenvalue weighted by molar-refractivity contribution is -0.0323. The smallest absolute Gasteiger partial charge is 0.157 e. The summed E-state index contributed by atoms with van der Waals surface area (Å²) in [5.41, 5.74) is 0.862. The molecule has 24 heavy (non-hydrogen) atoms. The maximum Gasteiger partial charge on any atom is 0.157 e. The maximum atomic E-state index is 10.7. The monoisotopic (exact) mass is 333 g/mol. The van der Waals surface area contributed by atoms with Crippen LogP contribution >= 0.6 is 0 Å². The summed E-state index contributed by atoms with van der Waals surface area (Å²) < 4.78 is 0. The first kappa shape index (κ1) is 20.7. The zero-order valence-corrected chi connectivity index (χ0v) is 17.1. The molecule has 0 bridgehead atoms. The summed E-state index contributed by atoms with van der Waals surface area (Å²) >= 11 is 0. The van der Waals surface area contributed by atoms with Crippen LogP contribution in [0.2, 0.25) is 0 Å². The van der Waals surface area contributed by atoms with Gasteiger partial charge in [-0.3, -0.25) is 4.99 Å². The number of aliphatic hydroxyl groups is 1. The molecule has 0 fully saturated rings. The third-order valence-electron chi connectivity index (χ3n) is 4.69. The van der Waals surface area contributed by atoms with Crippen LogP contribution in [0.25, 0.3) is 0 Å². The first-order valence-electron chi connectivity index (χ1n) is 8.62. The first-order chi connectivity index (χ1) is 10.5. The Labute approximate surface area is 147 Å². The molecule has 0 saturated heterocycles. The zero-order valence-electron chi connectivity index (χ0n) is 17.1. The van der Waals surface area contributed by atoms with Gasteiger partial charge in [0.2, 0.25) is 0 Å². The summed E-state index contributed by atoms with van der Waals surface area (Å²) in [4.78, 5) is 4.38. The van der Waals surface area contributed by atoms with E-state index in [1.165, 1.54) is 0 Å². The molecule has 0 radical (unpaired) electrons. The van der Waals surface area contributed by atoms with Crippen molar-refractivity contribution in [1.82, 2.24) is 0 Å². The number of phenolic OH excluding ortho intramolecular Hbond substituents is 1. The van der Waals surface area contributed by atoms with Gasteiger partial charge < -0.3 is 10.2 Å². The van der Waals surface area contributed by atoms with E-state index in [1.807, 2.05) is 26.8 Å². The lowest BCUT2D eigenvalue weighted by Crippen LogP contribution is -2.37. The molecule has 0 spiro atoms. The highest BCUT2D eigenvalue weighted by molar-refractivity contribution is 5.85. The minimum Gasteiger partial charge on any atom is -0.507 e. The van der Waals surface area contributed by atoms with Gasteiger partial charge in [-0.15, -0.1) is 0 Å². The molecule has 1 rings (SSSR count). The van der Waals surface area contributed by atoms with Gasteiger partial charge in [0.25, 0.3) is 0 Å². The highest BCUT2D eigenvalue weighted by Gasteiger charge is 2.34. The van der Waals surface area contributed by atoms with E-state index in [2.05, 4.69) is 52.6 Å². The largest absolute Gasteiger partial charge is 0.507 e. The van der Waals surface area contributed by atoms with Gasteiger partial charge in [-0.25, -0.2) is 0 Å². The van der Waals surface area contributed by atoms with Gasteiger partial charge in [-0.1, -0.05) is 68.4 Å². The molecule has 1 aromatic rings. The number of phenols is 1. The Balaban J connectivity index is 3.54. The van der Waals surface area contributed by atoms with Crippen molar-refractivity contribution in [3.8, 4) is 5.75 Å². The van der Waals surface area contributed by atoms with Crippen molar-refractivity contribution in [2.75, 3.05) is 0 Å². The van der Waals surface area contributed by atoms with Crippen LogP contribution < -0.4 is 0 Å². The summed E-state index contributed by atoms with van der Waals surface area (Å²) in [6, 6.07) is 4.04. The van der Waals surface area contributed by atoms with Crippen LogP contribution in [0.3, 0.4) is 0 Å². The Morgan fingerprint density at radius 2 is 1.33 bits per heavy atom. The fraction of sp³-hybridized carbons (Fsp3) is 0.667. The van der Waals surface area contributed by atoms with E-state index in [1.54, 1.807) is 13.1 Å². The zero-order chi connectivity index (χ0) is 19.1. The quantitative estimate of drug-likeness (QED) is 0.734. The van der Waals surface area contributed by atoms with Crippen LogP contribution in [0.4, 0.5) is 0 Å². The van der Waals surface area contributed by atoms with Crippen molar-refractivity contribution < 1.29 is 10.2 Å². The summed E-state index contributed by atoms with van der Waals surface area (Å²) in [5.74, 6) is 0.240. The van der Waals surface area contributed by atoms with Gasteiger partial charge in [0.15, 0.2) is 5.72 Å². The lowest BCUT2D eigenvalue weighted by atomic mass is 9.79. The maximum absolute atomic E-state index is 10.7. The van der Waals surface area contributed by atoms with Crippen LogP contribution in [0.5, 0.6) is 5.75 Å². The van der Waals surface area contributed by atoms with Crippen LogP contribution in [0.1, 0.15) is 85.9 Å². The Morgan fingerprint density at radius 3 is 1.71 bits per heavy atom. The second-order valence-electron chi connectivity index (χ2n) is 9.99. The lowest BCUT2D eigenvalue weighted by Gasteiger charge is -2.33. The third-order valence-corrected chi connectivity index (χ3v) is 4.69. The molecule has 3 nitrogen and oxygen atoms in total. The molecule has 0 unspecified atom stereocenters. The van der Waals surface area contributed by atoms with E-state index < -0.39 is 11.1 Å². The average Bonchev–Trinajstić information content (AvgIpc) is 2.33. The molecule has 0 aliphatic heterocycles. The Hall–Kier alpha value is -1.35. The van der Waals surface area contributed by atoms with E-state index in [-0.39, 0.29) is 16.6 Å². The number of hydrogen-bond donors (Lipinski definition) is 2. The third kappa shape index (κ3) is 4.60. The predicted molar refractivity (Wildman–Crippen MR) is 103 cm³/mol. The molecule has 136 valence electrons. The molecular weight excluding hydrogens is 298 g/mol. The molecule has 2 N–H and O–H groups in total. The Kier molecular flexibility index (Phi) is 5.33. The average molecular weight is 334 g/mol. The standard InChI is InChI=1S/C21H35NO2/c1-18(2,3)15-11-14(13-22-21(10,24)20(7,8)9)17(23)16(12-15)19(4,5)6/h11-13,23-24H,1-10H3/b22-13+/t21-/m0/s1. The molecule has 1 aromatic carbocycles. The highest BCUT2D eigenvalue weighted by Crippen LogP contribution is 2.37. The highest BCUT2D eigenvalue weighted by atomic mass is 16.3. The van der Waals surface area contributed by atoms with Gasteiger partial charge in [0.05, 0.1) is 0 Å². The van der Waals surface area contributed by atoms with E-state index in [0.29, 0.717) is 5.56 Å². The van der Waals surface area contributed by atoms with Crippen molar-refractivity contribution in [1.29, 1.82) is 0 Å². The molecule has 0 aliphatic carbocycles. The second kappa shape index (κ2) is 6.18. The number of aliphatic imine (C=N–C) groups is 1. The van der Waals surface area contributed by atoms with Crippen LogP contribution in [-0.2, 0) is 10.8 Å². The van der Waals surface area contributed by atoms with Crippen LogP contribution in [-0.4, -0.2) is 22.2 Å². The Morgan fingerprint density at radius 1 is 0.833 bits per heavy atom. The molecule has 0 aromatic heterocycles. The van der Waals surface area contributed by atoms with E-state index in [9.17, 15) is 10.2 Å². The topological polar surface area (TPSA) is 52.8 Å². The summed E-state index contributed by atoms with van der Waals surface area (Å²) in [5, 5.41) is 21.3. The SMILES string of the molecule is CC(C)(C)c1cc(/C=N/[C@@](C)(O)C(C)(C)C)c(O)c(C(C)(C)C)c1. The van der Waals surface area contributed by atoms with Crippen LogP contribution in [0.15, 0.2) is 17.1 Å². The van der Waals surface area contributed by atoms with Gasteiger partial charge in [0.1, 0.15) is 5.75 Å². The van der Waals surface area contributed by atoms with Crippen molar-refractivity contribution in [3.05, 3.63) is 28.8 Å². The van der Waals surface area contributed by atoms with Gasteiger partial charge in [0, 0.05) is 22.8 Å². The number of benzene rings is 1. The van der Waals surface area contributed by atoms with Crippen molar-refractivity contribution in [2.45, 2.75) is 85.8 Å². The summed E-state index contributed by atoms with van der Waals surface area (Å²) in [6.45, 7) is 20.2. The first-order valence-corrected chi connectivity index (χ1v) is 8.62. The normalized spacial score (nSPS) is 16.5. The predicted octanol–water partition coefficient (Wildman–Crippen LogP) is 5.16. The molecular formula is C21H35NO2. The molecule has 0 amide bonds. The molecule has 0 heterocycles. The van der Waals surface area contributed by atoms with Crippen molar-refractivity contribution >= 4 is 6.21 Å². The summed E-state index contributed by atoms with van der Waals surface area (Å²) in [7, 11) is 0. The van der Waals surface area contributed by atoms with Gasteiger partial charge in [-0.05, 0) is 29.4 Å². The minimum absolute atomic E-state index is 0.0389. The fourth-order valence-corrected chi connectivity index (χ4v) is 2.15. The van der Waals surface area contributed by atoms with E-state index in [0.717, 1.165) is 11.1 Å². The fourth-order valence-electron chi connectivity index (χ4n) is 2.15. The van der Waals surface area contributed by atoms with Crippen LogP contribution in [0, 0.1) is 5.41 Å². The minimum atomic E-state index is -1.21. The Bertz CT molecular complexity index is 621. The second-order valence-corrected chi connectivity index (χ2v) is 9.99. The number of hydrogen-bond acceptors (Lipinski definition) is 3. The molecule has 0 aliphatic rings. The number of nitrogens with zero attached hydrogens (tertiary/aromatic N) is 1. The van der Waals surface area contributed by atoms with Crippen molar-refractivity contribution in [3.63, 3.8) is 0 Å². The molecule has 3 heteroatoms.